The van der Waals surface area contributed by atoms with E-state index in [0.29, 0.717) is 12.4 Å². The molecule has 4 heteroatoms. The highest BCUT2D eigenvalue weighted by Crippen LogP contribution is 2.21. The summed E-state index contributed by atoms with van der Waals surface area (Å²) >= 11 is 0. The molecule has 120 valence electrons. The Morgan fingerprint density at radius 3 is 2.61 bits per heavy atom. The van der Waals surface area contributed by atoms with Gasteiger partial charge >= 0.3 is 0 Å². The first kappa shape index (κ1) is 15.6. The number of fused-ring (bicyclic) bond motifs is 1. The molecule has 0 saturated heterocycles. The second-order valence-corrected chi connectivity index (χ2v) is 5.80. The molecule has 0 aliphatic rings. The molecule has 0 fully saturated rings. The number of benzene rings is 2. The summed E-state index contributed by atoms with van der Waals surface area (Å²) in [6.45, 7) is 5.22. The van der Waals surface area contributed by atoms with Crippen LogP contribution in [-0.2, 0) is 6.54 Å². The Labute approximate surface area is 136 Å². The van der Waals surface area contributed by atoms with E-state index in [2.05, 4.69) is 16.5 Å². The predicted octanol–water partition coefficient (Wildman–Crippen LogP) is 3.87. The SMILES string of the molecule is Cc1ccc(OCCCn2c([C@@H](C)O)nc3ccccc32)cc1. The van der Waals surface area contributed by atoms with E-state index >= 15 is 0 Å². The van der Waals surface area contributed by atoms with Gasteiger partial charge in [0.15, 0.2) is 0 Å². The average Bonchev–Trinajstić information content (AvgIpc) is 2.92. The molecule has 0 bridgehead atoms. The minimum atomic E-state index is -0.583. The number of aromatic nitrogens is 2. The van der Waals surface area contributed by atoms with Crippen LogP contribution in [0.1, 0.15) is 30.8 Å². The Balaban J connectivity index is 1.66. The van der Waals surface area contributed by atoms with Crippen LogP contribution < -0.4 is 4.74 Å². The molecule has 4 nitrogen and oxygen atoms in total. The van der Waals surface area contributed by atoms with Crippen molar-refractivity contribution in [1.29, 1.82) is 0 Å². The van der Waals surface area contributed by atoms with Crippen molar-refractivity contribution in [3.8, 4) is 5.75 Å². The zero-order valence-electron chi connectivity index (χ0n) is 13.6. The third-order valence-electron chi connectivity index (χ3n) is 3.87. The van der Waals surface area contributed by atoms with Crippen LogP contribution in [0.2, 0.25) is 0 Å². The summed E-state index contributed by atoms with van der Waals surface area (Å²) in [4.78, 5) is 4.53. The van der Waals surface area contributed by atoms with Gasteiger partial charge in [-0.15, -0.1) is 0 Å². The highest BCUT2D eigenvalue weighted by atomic mass is 16.5. The molecular weight excluding hydrogens is 288 g/mol. The van der Waals surface area contributed by atoms with E-state index in [0.717, 1.165) is 29.7 Å². The van der Waals surface area contributed by atoms with Crippen molar-refractivity contribution in [3.05, 3.63) is 59.9 Å². The largest absolute Gasteiger partial charge is 0.494 e. The van der Waals surface area contributed by atoms with Gasteiger partial charge in [0.05, 0.1) is 17.6 Å². The standard InChI is InChI=1S/C19H22N2O2/c1-14-8-10-16(11-9-14)23-13-5-12-21-18-7-4-3-6-17(18)20-19(21)15(2)22/h3-4,6-11,15,22H,5,12-13H2,1-2H3/t15-/m1/s1. The molecule has 0 unspecified atom stereocenters. The summed E-state index contributed by atoms with van der Waals surface area (Å²) < 4.78 is 7.86. The molecule has 1 atom stereocenters. The highest BCUT2D eigenvalue weighted by Gasteiger charge is 2.14. The Bertz CT molecular complexity index is 776. The van der Waals surface area contributed by atoms with Crippen molar-refractivity contribution in [3.63, 3.8) is 0 Å². The lowest BCUT2D eigenvalue weighted by Gasteiger charge is -2.11. The number of imidazole rings is 1. The maximum absolute atomic E-state index is 9.95. The van der Waals surface area contributed by atoms with E-state index in [1.165, 1.54) is 5.56 Å². The minimum Gasteiger partial charge on any atom is -0.494 e. The molecule has 1 N–H and O–H groups in total. The van der Waals surface area contributed by atoms with E-state index in [9.17, 15) is 5.11 Å². The molecule has 0 radical (unpaired) electrons. The highest BCUT2D eigenvalue weighted by molar-refractivity contribution is 5.75. The van der Waals surface area contributed by atoms with Crippen LogP contribution in [0.25, 0.3) is 11.0 Å². The normalized spacial score (nSPS) is 12.5. The van der Waals surface area contributed by atoms with Gasteiger partial charge in [0.2, 0.25) is 0 Å². The summed E-state index contributed by atoms with van der Waals surface area (Å²) in [7, 11) is 0. The van der Waals surface area contributed by atoms with Gasteiger partial charge < -0.3 is 14.4 Å². The molecule has 2 aromatic carbocycles. The fourth-order valence-corrected chi connectivity index (χ4v) is 2.70. The number of hydrogen-bond acceptors (Lipinski definition) is 3. The number of aryl methyl sites for hydroxylation is 2. The third-order valence-corrected chi connectivity index (χ3v) is 3.87. The minimum absolute atomic E-state index is 0.583. The first-order chi connectivity index (χ1) is 11.1. The number of para-hydroxylation sites is 2. The molecular formula is C19H22N2O2. The lowest BCUT2D eigenvalue weighted by atomic mass is 10.2. The van der Waals surface area contributed by atoms with Gasteiger partial charge in [0.1, 0.15) is 17.7 Å². The Hall–Kier alpha value is -2.33. The summed E-state index contributed by atoms with van der Waals surface area (Å²) in [5.41, 5.74) is 3.20. The maximum Gasteiger partial charge on any atom is 0.138 e. The number of rotatable bonds is 6. The quantitative estimate of drug-likeness (QED) is 0.703. The number of aliphatic hydroxyl groups excluding tert-OH is 1. The molecule has 0 spiro atoms. The first-order valence-corrected chi connectivity index (χ1v) is 7.98. The van der Waals surface area contributed by atoms with E-state index in [1.807, 2.05) is 48.5 Å². The van der Waals surface area contributed by atoms with Crippen molar-refractivity contribution in [1.82, 2.24) is 9.55 Å². The molecule has 0 aliphatic heterocycles. The van der Waals surface area contributed by atoms with Gasteiger partial charge in [0, 0.05) is 6.54 Å². The van der Waals surface area contributed by atoms with Crippen LogP contribution in [0.4, 0.5) is 0 Å². The average molecular weight is 310 g/mol. The van der Waals surface area contributed by atoms with Crippen molar-refractivity contribution in [2.75, 3.05) is 6.61 Å². The van der Waals surface area contributed by atoms with Crippen LogP contribution in [-0.4, -0.2) is 21.3 Å². The lowest BCUT2D eigenvalue weighted by molar-refractivity contribution is 0.183. The van der Waals surface area contributed by atoms with Crippen LogP contribution in [0, 0.1) is 6.92 Å². The van der Waals surface area contributed by atoms with Crippen LogP contribution >= 0.6 is 0 Å². The van der Waals surface area contributed by atoms with E-state index in [1.54, 1.807) is 6.92 Å². The van der Waals surface area contributed by atoms with Crippen LogP contribution in [0.3, 0.4) is 0 Å². The summed E-state index contributed by atoms with van der Waals surface area (Å²) in [5, 5.41) is 9.95. The van der Waals surface area contributed by atoms with Crippen LogP contribution in [0.15, 0.2) is 48.5 Å². The molecule has 0 amide bonds. The van der Waals surface area contributed by atoms with E-state index < -0.39 is 6.10 Å². The van der Waals surface area contributed by atoms with Crippen molar-refractivity contribution < 1.29 is 9.84 Å². The molecule has 0 aliphatic carbocycles. The van der Waals surface area contributed by atoms with Gasteiger partial charge in [-0.1, -0.05) is 29.8 Å². The van der Waals surface area contributed by atoms with Gasteiger partial charge in [-0.25, -0.2) is 4.98 Å². The van der Waals surface area contributed by atoms with E-state index in [4.69, 9.17) is 4.74 Å². The summed E-state index contributed by atoms with van der Waals surface area (Å²) in [5.74, 6) is 1.60. The molecule has 1 heterocycles. The third kappa shape index (κ3) is 3.54. The van der Waals surface area contributed by atoms with Gasteiger partial charge in [0.25, 0.3) is 0 Å². The van der Waals surface area contributed by atoms with Crippen molar-refractivity contribution in [2.24, 2.45) is 0 Å². The van der Waals surface area contributed by atoms with Gasteiger partial charge in [-0.3, -0.25) is 0 Å². The number of aliphatic hydroxyl groups is 1. The van der Waals surface area contributed by atoms with Gasteiger partial charge in [-0.05, 0) is 44.5 Å². The molecule has 23 heavy (non-hydrogen) atoms. The Morgan fingerprint density at radius 2 is 1.87 bits per heavy atom. The zero-order chi connectivity index (χ0) is 16.2. The Morgan fingerprint density at radius 1 is 1.13 bits per heavy atom. The lowest BCUT2D eigenvalue weighted by Crippen LogP contribution is -2.09. The number of hydrogen-bond donors (Lipinski definition) is 1. The van der Waals surface area contributed by atoms with Crippen molar-refractivity contribution in [2.45, 2.75) is 32.9 Å². The fraction of sp³-hybridized carbons (Fsp3) is 0.316. The topological polar surface area (TPSA) is 47.3 Å². The summed E-state index contributed by atoms with van der Waals surface area (Å²) in [6.07, 6.45) is 0.272. The second-order valence-electron chi connectivity index (χ2n) is 5.80. The first-order valence-electron chi connectivity index (χ1n) is 7.98. The zero-order valence-corrected chi connectivity index (χ0v) is 13.6. The predicted molar refractivity (Wildman–Crippen MR) is 91.7 cm³/mol. The maximum atomic E-state index is 9.95. The molecule has 0 saturated carbocycles. The van der Waals surface area contributed by atoms with Crippen molar-refractivity contribution >= 4 is 11.0 Å². The molecule has 3 rings (SSSR count). The number of nitrogens with zero attached hydrogens (tertiary/aromatic N) is 2. The second kappa shape index (κ2) is 6.84. The monoisotopic (exact) mass is 310 g/mol. The molecule has 3 aromatic rings. The smallest absolute Gasteiger partial charge is 0.138 e. The summed E-state index contributed by atoms with van der Waals surface area (Å²) in [6, 6.07) is 16.0. The fourth-order valence-electron chi connectivity index (χ4n) is 2.70. The number of ether oxygens (including phenoxy) is 1. The van der Waals surface area contributed by atoms with Crippen LogP contribution in [0.5, 0.6) is 5.75 Å². The molecule has 1 aromatic heterocycles. The van der Waals surface area contributed by atoms with Gasteiger partial charge in [-0.2, -0.15) is 0 Å². The van der Waals surface area contributed by atoms with E-state index in [-0.39, 0.29) is 0 Å². The Kier molecular flexibility index (Phi) is 4.63.